The van der Waals surface area contributed by atoms with Crippen molar-refractivity contribution in [3.63, 3.8) is 0 Å². The van der Waals surface area contributed by atoms with Gasteiger partial charge in [-0.05, 0) is 48.5 Å². The van der Waals surface area contributed by atoms with Gasteiger partial charge in [-0.2, -0.15) is 0 Å². The van der Waals surface area contributed by atoms with Crippen LogP contribution in [0, 0.1) is 5.82 Å². The summed E-state index contributed by atoms with van der Waals surface area (Å²) in [6.45, 7) is 0. The van der Waals surface area contributed by atoms with Crippen LogP contribution in [0.3, 0.4) is 0 Å². The molecule has 0 atom stereocenters. The summed E-state index contributed by atoms with van der Waals surface area (Å²) in [4.78, 5) is 23.1. The Hall–Kier alpha value is -4.31. The molecule has 0 amide bonds. The van der Waals surface area contributed by atoms with Gasteiger partial charge in [0.1, 0.15) is 16.4 Å². The highest BCUT2D eigenvalue weighted by Crippen LogP contribution is 2.34. The number of fused-ring (bicyclic) bond motifs is 3. The molecule has 0 fully saturated rings. The van der Waals surface area contributed by atoms with E-state index in [-0.39, 0.29) is 10.6 Å². The van der Waals surface area contributed by atoms with Crippen molar-refractivity contribution in [2.75, 3.05) is 11.4 Å². The number of aromatic amines is 1. The molecule has 5 rings (SSSR count). The summed E-state index contributed by atoms with van der Waals surface area (Å²) in [6.07, 6.45) is 2.77. The van der Waals surface area contributed by atoms with Crippen LogP contribution >= 0.6 is 0 Å². The van der Waals surface area contributed by atoms with Crippen molar-refractivity contribution in [1.29, 1.82) is 0 Å². The van der Waals surface area contributed by atoms with E-state index in [1.165, 1.54) is 43.7 Å². The highest BCUT2D eigenvalue weighted by atomic mass is 32.2. The molecule has 3 heterocycles. The van der Waals surface area contributed by atoms with Crippen LogP contribution in [0.4, 0.5) is 10.1 Å². The summed E-state index contributed by atoms with van der Waals surface area (Å²) >= 11 is 0. The first kappa shape index (κ1) is 21.5. The molecule has 0 radical (unpaired) electrons. The number of nitrogens with zero attached hydrogens (tertiary/aromatic N) is 3. The maximum absolute atomic E-state index is 13.9. The Morgan fingerprint density at radius 3 is 2.50 bits per heavy atom. The number of rotatable bonds is 5. The lowest BCUT2D eigenvalue weighted by Gasteiger charge is -2.19. The lowest BCUT2D eigenvalue weighted by Crippen LogP contribution is -2.26. The molecule has 170 valence electrons. The van der Waals surface area contributed by atoms with Crippen molar-refractivity contribution < 1.29 is 22.7 Å². The minimum atomic E-state index is -3.81. The molecule has 0 aliphatic heterocycles. The zero-order valence-corrected chi connectivity index (χ0v) is 18.5. The molecule has 34 heavy (non-hydrogen) atoms. The van der Waals surface area contributed by atoms with Crippen molar-refractivity contribution in [2.45, 2.75) is 4.90 Å². The van der Waals surface area contributed by atoms with Gasteiger partial charge in [-0.15, -0.1) is 0 Å². The standard InChI is InChI=1S/C24H17FN4O4S/c1-29(34(32,33)17-3-2-10-26-13-17)16-7-4-14(5-8-16)22-23-19(12-21(28-22)24(30)31)18-11-15(25)6-9-20(18)27-23/h2-13,27H,1H3,(H,30,31). The molecule has 0 saturated carbocycles. The Morgan fingerprint density at radius 1 is 1.06 bits per heavy atom. The number of aromatic nitrogens is 3. The number of anilines is 1. The number of sulfonamides is 1. The number of hydrogen-bond donors (Lipinski definition) is 2. The summed E-state index contributed by atoms with van der Waals surface area (Å²) in [5.74, 6) is -1.65. The number of nitrogens with one attached hydrogen (secondary N) is 1. The minimum Gasteiger partial charge on any atom is -0.477 e. The van der Waals surface area contributed by atoms with Gasteiger partial charge in [0.25, 0.3) is 10.0 Å². The summed E-state index contributed by atoms with van der Waals surface area (Å²) in [6, 6.07) is 15.2. The van der Waals surface area contributed by atoms with E-state index in [0.29, 0.717) is 38.8 Å². The molecule has 0 aliphatic carbocycles. The molecule has 3 aromatic heterocycles. The van der Waals surface area contributed by atoms with Gasteiger partial charge in [0.2, 0.25) is 0 Å². The molecule has 0 unspecified atom stereocenters. The van der Waals surface area contributed by atoms with E-state index < -0.39 is 21.8 Å². The number of hydrogen-bond acceptors (Lipinski definition) is 5. The Morgan fingerprint density at radius 2 is 1.82 bits per heavy atom. The average molecular weight is 476 g/mol. The molecular formula is C24H17FN4O4S. The first-order valence-electron chi connectivity index (χ1n) is 10.1. The van der Waals surface area contributed by atoms with Crippen molar-refractivity contribution in [2.24, 2.45) is 0 Å². The second kappa shape index (κ2) is 7.92. The zero-order valence-electron chi connectivity index (χ0n) is 17.7. The topological polar surface area (TPSA) is 116 Å². The predicted molar refractivity (Wildman–Crippen MR) is 126 cm³/mol. The number of H-pyrrole nitrogens is 1. The van der Waals surface area contributed by atoms with E-state index in [9.17, 15) is 22.7 Å². The predicted octanol–water partition coefficient (Wildman–Crippen LogP) is 4.44. The van der Waals surface area contributed by atoms with E-state index in [1.807, 2.05) is 0 Å². The lowest BCUT2D eigenvalue weighted by atomic mass is 10.1. The van der Waals surface area contributed by atoms with Crippen LogP contribution in [0.2, 0.25) is 0 Å². The highest BCUT2D eigenvalue weighted by Gasteiger charge is 2.22. The van der Waals surface area contributed by atoms with Crippen LogP contribution in [0.5, 0.6) is 0 Å². The fraction of sp³-hybridized carbons (Fsp3) is 0.0417. The third-order valence-corrected chi connectivity index (χ3v) is 7.34. The van der Waals surface area contributed by atoms with Crippen LogP contribution in [0.1, 0.15) is 10.5 Å². The molecule has 0 saturated heterocycles. The van der Waals surface area contributed by atoms with Gasteiger partial charge < -0.3 is 10.1 Å². The maximum atomic E-state index is 13.9. The van der Waals surface area contributed by atoms with Crippen molar-refractivity contribution in [3.8, 4) is 11.3 Å². The van der Waals surface area contributed by atoms with Crippen LogP contribution in [-0.4, -0.2) is 41.5 Å². The molecular weight excluding hydrogens is 459 g/mol. The lowest BCUT2D eigenvalue weighted by molar-refractivity contribution is 0.0691. The van der Waals surface area contributed by atoms with Gasteiger partial charge in [-0.3, -0.25) is 9.29 Å². The van der Waals surface area contributed by atoms with Gasteiger partial charge >= 0.3 is 5.97 Å². The molecule has 0 bridgehead atoms. The molecule has 2 aromatic carbocycles. The summed E-state index contributed by atoms with van der Waals surface area (Å²) in [5, 5.41) is 10.6. The number of pyridine rings is 2. The first-order chi connectivity index (χ1) is 16.3. The van der Waals surface area contributed by atoms with E-state index >= 15 is 0 Å². The molecule has 2 N–H and O–H groups in total. The maximum Gasteiger partial charge on any atom is 0.354 e. The van der Waals surface area contributed by atoms with Crippen LogP contribution in [0.25, 0.3) is 33.1 Å². The quantitative estimate of drug-likeness (QED) is 0.387. The van der Waals surface area contributed by atoms with Gasteiger partial charge in [0, 0.05) is 41.3 Å². The van der Waals surface area contributed by atoms with Gasteiger partial charge in [0.05, 0.1) is 16.9 Å². The monoisotopic (exact) mass is 476 g/mol. The molecule has 0 spiro atoms. The van der Waals surface area contributed by atoms with E-state index in [2.05, 4.69) is 15.0 Å². The van der Waals surface area contributed by atoms with Crippen LogP contribution < -0.4 is 4.31 Å². The smallest absolute Gasteiger partial charge is 0.354 e. The van der Waals surface area contributed by atoms with E-state index in [4.69, 9.17) is 0 Å². The molecule has 0 aliphatic rings. The Kier molecular flexibility index (Phi) is 5.02. The van der Waals surface area contributed by atoms with Crippen LogP contribution in [0.15, 0.2) is 78.0 Å². The summed E-state index contributed by atoms with van der Waals surface area (Å²) < 4.78 is 40.8. The molecule has 10 heteroatoms. The van der Waals surface area contributed by atoms with Crippen molar-refractivity contribution in [3.05, 3.63) is 84.6 Å². The van der Waals surface area contributed by atoms with E-state index in [1.54, 1.807) is 36.4 Å². The van der Waals surface area contributed by atoms with Gasteiger partial charge in [0.15, 0.2) is 0 Å². The summed E-state index contributed by atoms with van der Waals surface area (Å²) in [5.41, 5.74) is 2.33. The van der Waals surface area contributed by atoms with E-state index in [0.717, 1.165) is 4.31 Å². The van der Waals surface area contributed by atoms with Crippen molar-refractivity contribution >= 4 is 43.5 Å². The largest absolute Gasteiger partial charge is 0.477 e. The highest BCUT2D eigenvalue weighted by molar-refractivity contribution is 7.92. The second-order valence-corrected chi connectivity index (χ2v) is 9.58. The summed E-state index contributed by atoms with van der Waals surface area (Å²) in [7, 11) is -2.37. The SMILES string of the molecule is CN(c1ccc(-c2nc(C(=O)O)cc3c2[nH]c2ccc(F)cc23)cc1)S(=O)(=O)c1cccnc1. The number of carboxylic acids is 1. The zero-order chi connectivity index (χ0) is 24.0. The van der Waals surface area contributed by atoms with Gasteiger partial charge in [-0.25, -0.2) is 22.6 Å². The number of aromatic carboxylic acids is 1. The molecule has 5 aromatic rings. The Labute approximate surface area is 193 Å². The van der Waals surface area contributed by atoms with Crippen molar-refractivity contribution in [1.82, 2.24) is 15.0 Å². The fourth-order valence-corrected chi connectivity index (χ4v) is 4.97. The Balaban J connectivity index is 1.62. The first-order valence-corrected chi connectivity index (χ1v) is 11.5. The number of benzene rings is 2. The second-order valence-electron chi connectivity index (χ2n) is 7.61. The average Bonchev–Trinajstić information content (AvgIpc) is 3.21. The minimum absolute atomic E-state index is 0.0596. The number of carbonyl (C=O) groups is 1. The van der Waals surface area contributed by atoms with Crippen LogP contribution in [-0.2, 0) is 10.0 Å². The molecule has 8 nitrogen and oxygen atoms in total. The Bertz CT molecular complexity index is 1670. The third kappa shape index (κ3) is 3.54. The third-order valence-electron chi connectivity index (χ3n) is 5.57. The van der Waals surface area contributed by atoms with Gasteiger partial charge in [-0.1, -0.05) is 12.1 Å². The number of halogens is 1. The number of carboxylic acid groups (broad SMARTS) is 1. The normalized spacial score (nSPS) is 11.7. The fourth-order valence-electron chi connectivity index (χ4n) is 3.81.